The quantitative estimate of drug-likeness (QED) is 0.474. The van der Waals surface area contributed by atoms with Crippen LogP contribution in [-0.4, -0.2) is 6.54 Å². The molecule has 2 aliphatic carbocycles. The first-order valence-corrected chi connectivity index (χ1v) is 4.83. The molecule has 3 N–H and O–H groups in total. The molecule has 2 saturated carbocycles. The first-order valence-electron chi connectivity index (χ1n) is 4.83. The largest absolute Gasteiger partial charge is 0.271 e. The number of hydrogen-bond donors (Lipinski definition) is 2. The van der Waals surface area contributed by atoms with Gasteiger partial charge in [0.15, 0.2) is 0 Å². The zero-order valence-electron chi connectivity index (χ0n) is 7.05. The van der Waals surface area contributed by atoms with Crippen LogP contribution in [0.15, 0.2) is 0 Å². The molecule has 0 radical (unpaired) electrons. The Balaban J connectivity index is 1.78. The Morgan fingerprint density at radius 2 is 2.18 bits per heavy atom. The minimum Gasteiger partial charge on any atom is -0.271 e. The summed E-state index contributed by atoms with van der Waals surface area (Å²) >= 11 is 0. The Morgan fingerprint density at radius 1 is 1.27 bits per heavy atom. The summed E-state index contributed by atoms with van der Waals surface area (Å²) in [7, 11) is 0. The molecule has 0 saturated heterocycles. The van der Waals surface area contributed by atoms with E-state index in [0.717, 1.165) is 24.3 Å². The summed E-state index contributed by atoms with van der Waals surface area (Å²) < 4.78 is 0. The Labute approximate surface area is 68.5 Å². The second kappa shape index (κ2) is 3.11. The molecule has 0 aromatic heterocycles. The highest BCUT2D eigenvalue weighted by atomic mass is 15.2. The van der Waals surface area contributed by atoms with Crippen molar-refractivity contribution in [2.24, 2.45) is 23.6 Å². The summed E-state index contributed by atoms with van der Waals surface area (Å²) in [5, 5.41) is 0. The van der Waals surface area contributed by atoms with Crippen LogP contribution in [0.4, 0.5) is 0 Å². The summed E-state index contributed by atoms with van der Waals surface area (Å²) in [6.45, 7) is 1.01. The molecule has 0 spiro atoms. The zero-order valence-corrected chi connectivity index (χ0v) is 7.05. The van der Waals surface area contributed by atoms with E-state index in [9.17, 15) is 0 Å². The second-order valence-electron chi connectivity index (χ2n) is 4.18. The van der Waals surface area contributed by atoms with Crippen LogP contribution >= 0.6 is 0 Å². The van der Waals surface area contributed by atoms with E-state index in [0.29, 0.717) is 0 Å². The molecule has 1 unspecified atom stereocenters. The second-order valence-corrected chi connectivity index (χ2v) is 4.18. The summed E-state index contributed by atoms with van der Waals surface area (Å²) in [6, 6.07) is 0. The monoisotopic (exact) mass is 154 g/mol. The van der Waals surface area contributed by atoms with Crippen LogP contribution < -0.4 is 11.3 Å². The van der Waals surface area contributed by atoms with E-state index in [1.165, 1.54) is 32.1 Å². The van der Waals surface area contributed by atoms with Gasteiger partial charge in [-0.3, -0.25) is 11.3 Å². The third-order valence-electron chi connectivity index (χ3n) is 3.54. The van der Waals surface area contributed by atoms with Gasteiger partial charge in [-0.2, -0.15) is 0 Å². The predicted octanol–water partition coefficient (Wildman–Crippen LogP) is 1.28. The van der Waals surface area contributed by atoms with E-state index in [2.05, 4.69) is 5.43 Å². The molecule has 2 bridgehead atoms. The van der Waals surface area contributed by atoms with E-state index in [4.69, 9.17) is 5.84 Å². The van der Waals surface area contributed by atoms with Crippen LogP contribution in [-0.2, 0) is 0 Å². The highest BCUT2D eigenvalue weighted by Crippen LogP contribution is 2.49. The average molecular weight is 154 g/mol. The van der Waals surface area contributed by atoms with Gasteiger partial charge in [-0.05, 0) is 43.4 Å². The van der Waals surface area contributed by atoms with Crippen molar-refractivity contribution in [2.75, 3.05) is 6.54 Å². The lowest BCUT2D eigenvalue weighted by Crippen LogP contribution is -2.26. The van der Waals surface area contributed by atoms with Crippen LogP contribution in [0, 0.1) is 17.8 Å². The third-order valence-corrected chi connectivity index (χ3v) is 3.54. The van der Waals surface area contributed by atoms with Gasteiger partial charge < -0.3 is 0 Å². The van der Waals surface area contributed by atoms with Crippen molar-refractivity contribution >= 4 is 0 Å². The Hall–Kier alpha value is -0.0800. The highest BCUT2D eigenvalue weighted by molar-refractivity contribution is 4.89. The van der Waals surface area contributed by atoms with Gasteiger partial charge in [0.2, 0.25) is 0 Å². The molecule has 2 nitrogen and oxygen atoms in total. The standard InChI is InChI=1S/C9H18N2/c10-11-4-3-9-6-7-1-2-8(9)5-7/h7-9,11H,1-6,10H2/t7-,8+,9?/m0/s1. The van der Waals surface area contributed by atoms with Crippen molar-refractivity contribution in [3.63, 3.8) is 0 Å². The lowest BCUT2D eigenvalue weighted by atomic mass is 9.86. The van der Waals surface area contributed by atoms with Crippen LogP contribution in [0.25, 0.3) is 0 Å². The molecule has 11 heavy (non-hydrogen) atoms. The van der Waals surface area contributed by atoms with Crippen LogP contribution in [0.2, 0.25) is 0 Å². The summed E-state index contributed by atoms with van der Waals surface area (Å²) in [5.74, 6) is 8.41. The van der Waals surface area contributed by atoms with E-state index >= 15 is 0 Å². The maximum atomic E-state index is 5.25. The number of nitrogens with one attached hydrogen (secondary N) is 1. The van der Waals surface area contributed by atoms with Gasteiger partial charge in [-0.15, -0.1) is 0 Å². The maximum Gasteiger partial charge on any atom is 0.0100 e. The average Bonchev–Trinajstić information content (AvgIpc) is 2.60. The summed E-state index contributed by atoms with van der Waals surface area (Å²) in [5.41, 5.74) is 2.75. The first-order chi connectivity index (χ1) is 5.40. The molecular formula is C9H18N2. The van der Waals surface area contributed by atoms with E-state index < -0.39 is 0 Å². The van der Waals surface area contributed by atoms with Gasteiger partial charge in [-0.25, -0.2) is 0 Å². The Kier molecular flexibility index (Phi) is 2.14. The van der Waals surface area contributed by atoms with Crippen molar-refractivity contribution < 1.29 is 0 Å². The number of rotatable bonds is 3. The van der Waals surface area contributed by atoms with Crippen LogP contribution in [0.1, 0.15) is 32.1 Å². The third kappa shape index (κ3) is 1.42. The maximum absolute atomic E-state index is 5.25. The minimum atomic E-state index is 1.00. The lowest BCUT2D eigenvalue weighted by Gasteiger charge is -2.20. The molecule has 3 atom stereocenters. The van der Waals surface area contributed by atoms with Gasteiger partial charge >= 0.3 is 0 Å². The smallest absolute Gasteiger partial charge is 0.0100 e. The molecule has 64 valence electrons. The number of hydrazine groups is 1. The lowest BCUT2D eigenvalue weighted by molar-refractivity contribution is 0.311. The number of hydrogen-bond acceptors (Lipinski definition) is 2. The molecule has 2 heteroatoms. The van der Waals surface area contributed by atoms with Gasteiger partial charge in [0, 0.05) is 6.54 Å². The van der Waals surface area contributed by atoms with Crippen molar-refractivity contribution in [3.05, 3.63) is 0 Å². The number of fused-ring (bicyclic) bond motifs is 2. The zero-order chi connectivity index (χ0) is 7.68. The molecule has 2 aliphatic rings. The Bertz CT molecular complexity index is 136. The molecule has 0 aromatic rings. The van der Waals surface area contributed by atoms with Gasteiger partial charge in [-0.1, -0.05) is 6.42 Å². The van der Waals surface area contributed by atoms with Crippen molar-refractivity contribution in [1.29, 1.82) is 0 Å². The minimum absolute atomic E-state index is 1.00. The van der Waals surface area contributed by atoms with E-state index in [-0.39, 0.29) is 0 Å². The van der Waals surface area contributed by atoms with Crippen molar-refractivity contribution in [1.82, 2.24) is 5.43 Å². The summed E-state index contributed by atoms with van der Waals surface area (Å²) in [6.07, 6.45) is 7.33. The fourth-order valence-electron chi connectivity index (χ4n) is 3.00. The van der Waals surface area contributed by atoms with Crippen LogP contribution in [0.5, 0.6) is 0 Å². The molecule has 2 fully saturated rings. The number of nitrogens with two attached hydrogens (primary N) is 1. The Morgan fingerprint density at radius 3 is 2.73 bits per heavy atom. The molecule has 0 aromatic carbocycles. The molecule has 2 rings (SSSR count). The van der Waals surface area contributed by atoms with Gasteiger partial charge in [0.05, 0.1) is 0 Å². The normalized spacial score (nSPS) is 41.7. The topological polar surface area (TPSA) is 38.0 Å². The van der Waals surface area contributed by atoms with Crippen LogP contribution in [0.3, 0.4) is 0 Å². The SMILES string of the molecule is NNCCC1C[C@H]2CC[C@@H]1C2. The molecular weight excluding hydrogens is 136 g/mol. The predicted molar refractivity (Wildman–Crippen MR) is 45.7 cm³/mol. The molecule has 0 heterocycles. The van der Waals surface area contributed by atoms with Gasteiger partial charge in [0.1, 0.15) is 0 Å². The molecule has 0 aliphatic heterocycles. The highest BCUT2D eigenvalue weighted by Gasteiger charge is 2.38. The fourth-order valence-corrected chi connectivity index (χ4v) is 3.00. The van der Waals surface area contributed by atoms with Crippen molar-refractivity contribution in [2.45, 2.75) is 32.1 Å². The van der Waals surface area contributed by atoms with Crippen molar-refractivity contribution in [3.8, 4) is 0 Å². The molecule has 0 amide bonds. The van der Waals surface area contributed by atoms with E-state index in [1.807, 2.05) is 0 Å². The fraction of sp³-hybridized carbons (Fsp3) is 1.00. The summed E-state index contributed by atoms with van der Waals surface area (Å²) in [4.78, 5) is 0. The van der Waals surface area contributed by atoms with E-state index in [1.54, 1.807) is 0 Å². The van der Waals surface area contributed by atoms with Gasteiger partial charge in [0.25, 0.3) is 0 Å². The first kappa shape index (κ1) is 7.56.